The predicted octanol–water partition coefficient (Wildman–Crippen LogP) is 7.17. The smallest absolute Gasteiger partial charge is 0.255 e. The first-order valence-electron chi connectivity index (χ1n) is 11.2. The highest BCUT2D eigenvalue weighted by Crippen LogP contribution is 2.37. The Labute approximate surface area is 208 Å². The van der Waals surface area contributed by atoms with Gasteiger partial charge in [-0.2, -0.15) is 0 Å². The van der Waals surface area contributed by atoms with Crippen molar-refractivity contribution in [3.63, 3.8) is 0 Å². The minimum atomic E-state index is -0.461. The Bertz CT molecular complexity index is 1320. The van der Waals surface area contributed by atoms with Crippen LogP contribution in [0, 0.1) is 19.7 Å². The first-order valence-corrected chi connectivity index (χ1v) is 12.0. The third-order valence-corrected chi connectivity index (χ3v) is 6.85. The van der Waals surface area contributed by atoms with Gasteiger partial charge >= 0.3 is 0 Å². The van der Waals surface area contributed by atoms with Crippen molar-refractivity contribution in [2.45, 2.75) is 24.0 Å². The molecular weight excluding hydrogens is 459 g/mol. The maximum atomic E-state index is 13.3. The molecule has 4 aromatic rings. The number of thioether (sulfide) groups is 1. The van der Waals surface area contributed by atoms with Gasteiger partial charge in [0.1, 0.15) is 11.1 Å². The van der Waals surface area contributed by atoms with Crippen LogP contribution < -0.4 is 10.6 Å². The summed E-state index contributed by atoms with van der Waals surface area (Å²) in [4.78, 5) is 26.6. The quantitative estimate of drug-likeness (QED) is 0.274. The fourth-order valence-electron chi connectivity index (χ4n) is 3.49. The summed E-state index contributed by atoms with van der Waals surface area (Å²) in [6, 6.07) is 28.2. The monoisotopic (exact) mass is 484 g/mol. The van der Waals surface area contributed by atoms with Gasteiger partial charge in [0.25, 0.3) is 5.91 Å². The van der Waals surface area contributed by atoms with Crippen LogP contribution in [-0.2, 0) is 4.79 Å². The van der Waals surface area contributed by atoms with Crippen molar-refractivity contribution in [1.29, 1.82) is 0 Å². The lowest BCUT2D eigenvalue weighted by Gasteiger charge is -2.18. The summed E-state index contributed by atoms with van der Waals surface area (Å²) in [5.74, 6) is -0.823. The Morgan fingerprint density at radius 2 is 1.40 bits per heavy atom. The SMILES string of the molecule is Cc1ccc(NC(=O)C(Sc2ccc(NC(=O)c3ccc(F)cc3)cc2)c2ccccc2)cc1C. The molecule has 4 nitrogen and oxygen atoms in total. The lowest BCUT2D eigenvalue weighted by molar-refractivity contribution is -0.115. The molecule has 0 aliphatic rings. The number of nitrogens with one attached hydrogen (secondary N) is 2. The Kier molecular flexibility index (Phi) is 7.63. The number of hydrogen-bond acceptors (Lipinski definition) is 3. The topological polar surface area (TPSA) is 58.2 Å². The second-order valence-corrected chi connectivity index (χ2v) is 9.36. The minimum Gasteiger partial charge on any atom is -0.325 e. The van der Waals surface area contributed by atoms with E-state index in [2.05, 4.69) is 10.6 Å². The molecule has 176 valence electrons. The first kappa shape index (κ1) is 24.2. The molecule has 0 spiro atoms. The van der Waals surface area contributed by atoms with E-state index in [1.165, 1.54) is 41.6 Å². The van der Waals surface area contributed by atoms with Crippen LogP contribution in [-0.4, -0.2) is 11.8 Å². The average Bonchev–Trinajstić information content (AvgIpc) is 2.86. The molecule has 0 saturated carbocycles. The molecule has 4 aromatic carbocycles. The number of anilines is 2. The van der Waals surface area contributed by atoms with Crippen molar-refractivity contribution in [1.82, 2.24) is 0 Å². The molecule has 6 heteroatoms. The van der Waals surface area contributed by atoms with Crippen LogP contribution in [0.4, 0.5) is 15.8 Å². The van der Waals surface area contributed by atoms with E-state index in [1.807, 2.05) is 74.5 Å². The van der Waals surface area contributed by atoms with Crippen LogP contribution in [0.3, 0.4) is 0 Å². The zero-order valence-corrected chi connectivity index (χ0v) is 20.2. The minimum absolute atomic E-state index is 0.113. The maximum Gasteiger partial charge on any atom is 0.255 e. The molecular formula is C29H25FN2O2S. The van der Waals surface area contributed by atoms with E-state index in [-0.39, 0.29) is 11.8 Å². The number of amides is 2. The number of rotatable bonds is 7. The summed E-state index contributed by atoms with van der Waals surface area (Å²) in [7, 11) is 0. The molecule has 1 atom stereocenters. The van der Waals surface area contributed by atoms with Gasteiger partial charge in [-0.05, 0) is 91.2 Å². The van der Waals surface area contributed by atoms with Crippen molar-refractivity contribution < 1.29 is 14.0 Å². The summed E-state index contributed by atoms with van der Waals surface area (Å²) < 4.78 is 13.1. The van der Waals surface area contributed by atoms with Crippen molar-refractivity contribution in [3.05, 3.63) is 125 Å². The molecule has 0 bridgehead atoms. The van der Waals surface area contributed by atoms with Crippen molar-refractivity contribution in [2.75, 3.05) is 10.6 Å². The Morgan fingerprint density at radius 1 is 0.743 bits per heavy atom. The van der Waals surface area contributed by atoms with Gasteiger partial charge in [-0.1, -0.05) is 36.4 Å². The molecule has 4 rings (SSSR count). The number of benzene rings is 4. The zero-order valence-electron chi connectivity index (χ0n) is 19.4. The van der Waals surface area contributed by atoms with Crippen LogP contribution in [0.2, 0.25) is 0 Å². The van der Waals surface area contributed by atoms with E-state index in [0.29, 0.717) is 11.3 Å². The molecule has 0 aliphatic heterocycles. The number of halogens is 1. The van der Waals surface area contributed by atoms with Gasteiger partial charge in [-0.15, -0.1) is 11.8 Å². The molecule has 0 aromatic heterocycles. The molecule has 35 heavy (non-hydrogen) atoms. The zero-order chi connectivity index (χ0) is 24.8. The van der Waals surface area contributed by atoms with Gasteiger partial charge in [0.05, 0.1) is 0 Å². The van der Waals surface area contributed by atoms with Gasteiger partial charge in [0.2, 0.25) is 5.91 Å². The normalized spacial score (nSPS) is 11.5. The number of hydrogen-bond donors (Lipinski definition) is 2. The highest BCUT2D eigenvalue weighted by atomic mass is 32.2. The Morgan fingerprint density at radius 3 is 2.06 bits per heavy atom. The van der Waals surface area contributed by atoms with Crippen molar-refractivity contribution >= 4 is 35.0 Å². The molecule has 2 N–H and O–H groups in total. The van der Waals surface area contributed by atoms with Crippen LogP contribution >= 0.6 is 11.8 Å². The summed E-state index contributed by atoms with van der Waals surface area (Å²) in [6.07, 6.45) is 0. The van der Waals surface area contributed by atoms with E-state index in [1.54, 1.807) is 12.1 Å². The van der Waals surface area contributed by atoms with Gasteiger partial charge in [-0.3, -0.25) is 9.59 Å². The molecule has 2 amide bonds. The van der Waals surface area contributed by atoms with E-state index in [9.17, 15) is 14.0 Å². The summed E-state index contributed by atoms with van der Waals surface area (Å²) >= 11 is 1.44. The number of carbonyl (C=O) groups excluding carboxylic acids is 2. The van der Waals surface area contributed by atoms with Gasteiger partial charge in [0.15, 0.2) is 0 Å². The summed E-state index contributed by atoms with van der Waals surface area (Å²) in [6.45, 7) is 4.06. The molecule has 0 fully saturated rings. The van der Waals surface area contributed by atoms with E-state index < -0.39 is 11.1 Å². The predicted molar refractivity (Wildman–Crippen MR) is 140 cm³/mol. The molecule has 0 aliphatic carbocycles. The lowest BCUT2D eigenvalue weighted by atomic mass is 10.1. The highest BCUT2D eigenvalue weighted by Gasteiger charge is 2.22. The van der Waals surface area contributed by atoms with Crippen molar-refractivity contribution in [2.24, 2.45) is 0 Å². The third-order valence-electron chi connectivity index (χ3n) is 5.59. The summed E-state index contributed by atoms with van der Waals surface area (Å²) in [5, 5.41) is 5.39. The first-order chi connectivity index (χ1) is 16.9. The third kappa shape index (κ3) is 6.37. The second-order valence-electron chi connectivity index (χ2n) is 8.18. The largest absolute Gasteiger partial charge is 0.325 e. The fourth-order valence-corrected chi connectivity index (χ4v) is 4.51. The van der Waals surface area contributed by atoms with Crippen LogP contribution in [0.1, 0.15) is 32.3 Å². The maximum absolute atomic E-state index is 13.3. The van der Waals surface area contributed by atoms with E-state index in [4.69, 9.17) is 0 Å². The molecule has 0 radical (unpaired) electrons. The van der Waals surface area contributed by atoms with E-state index in [0.717, 1.165) is 21.7 Å². The van der Waals surface area contributed by atoms with Crippen LogP contribution in [0.25, 0.3) is 0 Å². The molecule has 1 unspecified atom stereocenters. The van der Waals surface area contributed by atoms with Crippen LogP contribution in [0.15, 0.2) is 102 Å². The summed E-state index contributed by atoms with van der Waals surface area (Å²) in [5.41, 5.74) is 4.93. The second kappa shape index (κ2) is 11.0. The number of carbonyl (C=O) groups is 2. The van der Waals surface area contributed by atoms with Gasteiger partial charge < -0.3 is 10.6 Å². The van der Waals surface area contributed by atoms with E-state index >= 15 is 0 Å². The fraction of sp³-hybridized carbons (Fsp3) is 0.103. The molecule has 0 saturated heterocycles. The van der Waals surface area contributed by atoms with Gasteiger partial charge in [0, 0.05) is 21.8 Å². The van der Waals surface area contributed by atoms with Crippen LogP contribution in [0.5, 0.6) is 0 Å². The highest BCUT2D eigenvalue weighted by molar-refractivity contribution is 8.00. The Balaban J connectivity index is 1.48. The average molecular weight is 485 g/mol. The Hall–Kier alpha value is -3.90. The van der Waals surface area contributed by atoms with Crippen molar-refractivity contribution in [3.8, 4) is 0 Å². The molecule has 0 heterocycles. The number of aryl methyl sites for hydroxylation is 2. The standard InChI is InChI=1S/C29H25FN2O2S/c1-19-8-13-25(18-20(19)2)32-29(34)27(21-6-4-3-5-7-21)35-26-16-14-24(15-17-26)31-28(33)22-9-11-23(30)12-10-22/h3-18,27H,1-2H3,(H,31,33)(H,32,34). The lowest BCUT2D eigenvalue weighted by Crippen LogP contribution is -2.19. The van der Waals surface area contributed by atoms with Gasteiger partial charge in [-0.25, -0.2) is 4.39 Å².